The quantitative estimate of drug-likeness (QED) is 0.603. The molecule has 54 valence electrons. The Labute approximate surface area is 55.5 Å². The first-order valence-electron chi connectivity index (χ1n) is 2.70. The molecule has 0 rings (SSSR count). The summed E-state index contributed by atoms with van der Waals surface area (Å²) in [5, 5.41) is 7.12. The smallest absolute Gasteiger partial charge is 0.441 e. The van der Waals surface area contributed by atoms with Crippen LogP contribution in [0.1, 0.15) is 13.3 Å². The van der Waals surface area contributed by atoms with E-state index in [1.54, 1.807) is 0 Å². The molecule has 1 N–H and O–H groups in total. The lowest BCUT2D eigenvalue weighted by molar-refractivity contribution is 0.220. The third-order valence-electron chi connectivity index (χ3n) is 0.963. The SMILES string of the molecule is CCC[S+](C)(=O)C(=O)O. The van der Waals surface area contributed by atoms with Gasteiger partial charge in [0.15, 0.2) is 9.93 Å². The summed E-state index contributed by atoms with van der Waals surface area (Å²) in [5.41, 5.74) is 0. The van der Waals surface area contributed by atoms with E-state index in [1.165, 1.54) is 6.26 Å². The van der Waals surface area contributed by atoms with Gasteiger partial charge in [-0.2, -0.15) is 4.79 Å². The molecule has 0 heterocycles. The van der Waals surface area contributed by atoms with Crippen LogP contribution in [0.2, 0.25) is 0 Å². The van der Waals surface area contributed by atoms with Crippen molar-refractivity contribution in [2.24, 2.45) is 0 Å². The number of rotatable bonds is 2. The van der Waals surface area contributed by atoms with Gasteiger partial charge >= 0.3 is 5.30 Å². The van der Waals surface area contributed by atoms with E-state index >= 15 is 0 Å². The Hall–Kier alpha value is -0.380. The van der Waals surface area contributed by atoms with Gasteiger partial charge in [0, 0.05) is 0 Å². The van der Waals surface area contributed by atoms with Crippen LogP contribution in [0, 0.1) is 0 Å². The molecular formula is C5H11O3S+. The molecular weight excluding hydrogens is 140 g/mol. The van der Waals surface area contributed by atoms with Gasteiger partial charge in [-0.05, 0) is 6.42 Å². The average molecular weight is 151 g/mol. The zero-order valence-corrected chi connectivity index (χ0v) is 6.40. The fourth-order valence-corrected chi connectivity index (χ4v) is 1.43. The van der Waals surface area contributed by atoms with Crippen LogP contribution in [-0.2, 0) is 14.1 Å². The largest absolute Gasteiger partial charge is 0.525 e. The number of carboxylic acid groups (broad SMARTS) is 1. The number of hydrogen-bond donors (Lipinski definition) is 1. The summed E-state index contributed by atoms with van der Waals surface area (Å²) in [5.74, 6) is 0.280. The number of hydrogen-bond acceptors (Lipinski definition) is 2. The molecule has 0 aromatic heterocycles. The summed E-state index contributed by atoms with van der Waals surface area (Å²) >= 11 is 0. The molecule has 0 bridgehead atoms. The first kappa shape index (κ1) is 8.62. The topological polar surface area (TPSA) is 54.4 Å². The fourth-order valence-electron chi connectivity index (χ4n) is 0.477. The molecule has 0 aromatic carbocycles. The zero-order valence-electron chi connectivity index (χ0n) is 5.59. The molecule has 0 aliphatic heterocycles. The molecule has 1 atom stereocenters. The molecule has 0 aromatic rings. The van der Waals surface area contributed by atoms with E-state index in [2.05, 4.69) is 0 Å². The third-order valence-corrected chi connectivity index (χ3v) is 2.89. The summed E-state index contributed by atoms with van der Waals surface area (Å²) in [7, 11) is -2.58. The third kappa shape index (κ3) is 2.60. The van der Waals surface area contributed by atoms with Crippen molar-refractivity contribution in [1.29, 1.82) is 0 Å². The average Bonchev–Trinajstić information content (AvgIpc) is 1.65. The summed E-state index contributed by atoms with van der Waals surface area (Å²) in [6.07, 6.45) is 1.93. The van der Waals surface area contributed by atoms with Gasteiger partial charge < -0.3 is 5.11 Å². The van der Waals surface area contributed by atoms with Crippen molar-refractivity contribution in [3.8, 4) is 0 Å². The van der Waals surface area contributed by atoms with Gasteiger partial charge in [-0.15, -0.1) is 0 Å². The van der Waals surface area contributed by atoms with Crippen molar-refractivity contribution >= 4 is 15.2 Å². The van der Waals surface area contributed by atoms with Crippen molar-refractivity contribution in [3.05, 3.63) is 0 Å². The maximum atomic E-state index is 10.9. The van der Waals surface area contributed by atoms with Crippen LogP contribution >= 0.6 is 0 Å². The minimum absolute atomic E-state index is 0.280. The molecule has 4 heteroatoms. The van der Waals surface area contributed by atoms with E-state index in [1.807, 2.05) is 6.92 Å². The Morgan fingerprint density at radius 2 is 2.11 bits per heavy atom. The first-order valence-corrected chi connectivity index (χ1v) is 4.84. The van der Waals surface area contributed by atoms with Crippen LogP contribution in [-0.4, -0.2) is 22.4 Å². The van der Waals surface area contributed by atoms with Gasteiger partial charge in [-0.3, -0.25) is 0 Å². The highest BCUT2D eigenvalue weighted by Gasteiger charge is 2.30. The Morgan fingerprint density at radius 1 is 1.67 bits per heavy atom. The molecule has 0 amide bonds. The minimum Gasteiger partial charge on any atom is -0.441 e. The van der Waals surface area contributed by atoms with Gasteiger partial charge in [-0.1, -0.05) is 11.1 Å². The monoisotopic (exact) mass is 151 g/mol. The molecule has 0 fully saturated rings. The summed E-state index contributed by atoms with van der Waals surface area (Å²) in [4.78, 5) is 10.1. The van der Waals surface area contributed by atoms with Crippen molar-refractivity contribution in [2.45, 2.75) is 13.3 Å². The van der Waals surface area contributed by atoms with Crippen molar-refractivity contribution in [1.82, 2.24) is 0 Å². The van der Waals surface area contributed by atoms with Gasteiger partial charge in [0.1, 0.15) is 12.0 Å². The van der Waals surface area contributed by atoms with Gasteiger partial charge in [0.05, 0.1) is 0 Å². The number of carbonyl (C=O) groups is 1. The highest BCUT2D eigenvalue weighted by molar-refractivity contribution is 8.15. The highest BCUT2D eigenvalue weighted by Crippen LogP contribution is 2.02. The van der Waals surface area contributed by atoms with Crippen LogP contribution in [0.25, 0.3) is 0 Å². The van der Waals surface area contributed by atoms with Crippen molar-refractivity contribution in [2.75, 3.05) is 12.0 Å². The van der Waals surface area contributed by atoms with E-state index in [4.69, 9.17) is 5.11 Å². The van der Waals surface area contributed by atoms with Crippen LogP contribution in [0.4, 0.5) is 4.79 Å². The van der Waals surface area contributed by atoms with Crippen molar-refractivity contribution < 1.29 is 14.1 Å². The predicted octanol–water partition coefficient (Wildman–Crippen LogP) is 1.20. The van der Waals surface area contributed by atoms with Gasteiger partial charge in [0.2, 0.25) is 0 Å². The summed E-state index contributed by atoms with van der Waals surface area (Å²) < 4.78 is 10.9. The van der Waals surface area contributed by atoms with Crippen LogP contribution < -0.4 is 0 Å². The second-order valence-electron chi connectivity index (χ2n) is 1.98. The maximum absolute atomic E-state index is 10.9. The second-order valence-corrected chi connectivity index (χ2v) is 4.74. The molecule has 0 aliphatic rings. The lowest BCUT2D eigenvalue weighted by atomic mass is 10.6. The van der Waals surface area contributed by atoms with Crippen LogP contribution in [0.3, 0.4) is 0 Å². The first-order chi connectivity index (χ1) is 4.00. The normalized spacial score (nSPS) is 16.7. The van der Waals surface area contributed by atoms with Crippen molar-refractivity contribution in [3.63, 3.8) is 0 Å². The standard InChI is InChI=1S/C5H10O3S/c1-3-4-9(2,8)5(6)7/h3-4H2,1-2H3/p+1. The Morgan fingerprint density at radius 3 is 2.22 bits per heavy atom. The van der Waals surface area contributed by atoms with Gasteiger partial charge in [-0.25, -0.2) is 0 Å². The lowest BCUT2D eigenvalue weighted by Gasteiger charge is -1.95. The highest BCUT2D eigenvalue weighted by atomic mass is 32.2. The molecule has 0 aliphatic carbocycles. The fraction of sp³-hybridized carbons (Fsp3) is 0.800. The minimum atomic E-state index is -2.58. The molecule has 0 saturated carbocycles. The molecule has 3 nitrogen and oxygen atoms in total. The zero-order chi connectivity index (χ0) is 7.49. The molecule has 0 spiro atoms. The van der Waals surface area contributed by atoms with E-state index in [0.29, 0.717) is 6.42 Å². The van der Waals surface area contributed by atoms with Crippen LogP contribution in [0.5, 0.6) is 0 Å². The molecule has 9 heavy (non-hydrogen) atoms. The Bertz CT molecular complexity index is 152. The van der Waals surface area contributed by atoms with E-state index < -0.39 is 15.2 Å². The summed E-state index contributed by atoms with van der Waals surface area (Å²) in [6, 6.07) is 0. The van der Waals surface area contributed by atoms with Gasteiger partial charge in [0.25, 0.3) is 0 Å². The van der Waals surface area contributed by atoms with E-state index in [0.717, 1.165) is 0 Å². The Kier molecular flexibility index (Phi) is 2.84. The maximum Gasteiger partial charge on any atom is 0.525 e. The molecule has 0 radical (unpaired) electrons. The molecule has 1 unspecified atom stereocenters. The van der Waals surface area contributed by atoms with Crippen LogP contribution in [0.15, 0.2) is 0 Å². The lowest BCUT2D eigenvalue weighted by Crippen LogP contribution is -2.22. The second kappa shape index (κ2) is 2.96. The predicted molar refractivity (Wildman–Crippen MR) is 37.2 cm³/mol. The summed E-state index contributed by atoms with van der Waals surface area (Å²) in [6.45, 7) is 1.81. The molecule has 0 saturated heterocycles. The van der Waals surface area contributed by atoms with E-state index in [-0.39, 0.29) is 5.75 Å². The van der Waals surface area contributed by atoms with E-state index in [9.17, 15) is 9.00 Å². The Balaban J connectivity index is 4.04.